The highest BCUT2D eigenvalue weighted by atomic mass is 32.2. The number of carboxylic acid groups (broad SMARTS) is 1. The summed E-state index contributed by atoms with van der Waals surface area (Å²) in [7, 11) is 0. The van der Waals surface area contributed by atoms with E-state index in [0.29, 0.717) is 5.56 Å². The van der Waals surface area contributed by atoms with Crippen LogP contribution in [-0.2, 0) is 0 Å². The Morgan fingerprint density at radius 2 is 2.00 bits per heavy atom. The fourth-order valence-corrected chi connectivity index (χ4v) is 3.01. The minimum Gasteiger partial charge on any atom is -0.478 e. The Morgan fingerprint density at radius 3 is 2.48 bits per heavy atom. The fraction of sp³-hybridized carbons (Fsp3) is 0.111. The summed E-state index contributed by atoms with van der Waals surface area (Å²) < 4.78 is 1.83. The average Bonchev–Trinajstić information content (AvgIpc) is 2.99. The van der Waals surface area contributed by atoms with E-state index in [9.17, 15) is 10.1 Å². The molecule has 0 atom stereocenters. The Hall–Kier alpha value is -2.71. The average molecular weight is 324 g/mol. The maximum absolute atomic E-state index is 10.9. The summed E-state index contributed by atoms with van der Waals surface area (Å²) in [5, 5.41) is 18.4. The van der Waals surface area contributed by atoms with Gasteiger partial charge in [-0.05, 0) is 43.0 Å². The van der Waals surface area contributed by atoms with E-state index in [1.165, 1.54) is 0 Å². The number of thioether (sulfide) groups is 1. The van der Waals surface area contributed by atoms with E-state index in [1.54, 1.807) is 48.3 Å². The van der Waals surface area contributed by atoms with Crippen molar-refractivity contribution in [2.45, 2.75) is 6.92 Å². The van der Waals surface area contributed by atoms with Gasteiger partial charge in [0.25, 0.3) is 0 Å². The number of allylic oxidation sites excluding steroid dienone is 2. The van der Waals surface area contributed by atoms with Crippen molar-refractivity contribution in [1.82, 2.24) is 4.57 Å². The number of aromatic carboxylic acids is 1. The summed E-state index contributed by atoms with van der Waals surface area (Å²) in [6.07, 6.45) is 7.36. The van der Waals surface area contributed by atoms with Gasteiger partial charge in [-0.25, -0.2) is 4.79 Å². The third-order valence-corrected chi connectivity index (χ3v) is 4.42. The fourth-order valence-electron chi connectivity index (χ4n) is 2.23. The van der Waals surface area contributed by atoms with Gasteiger partial charge in [0, 0.05) is 28.5 Å². The van der Waals surface area contributed by atoms with Crippen molar-refractivity contribution < 1.29 is 9.90 Å². The Morgan fingerprint density at radius 1 is 1.35 bits per heavy atom. The first-order valence-corrected chi connectivity index (χ1v) is 8.07. The summed E-state index contributed by atoms with van der Waals surface area (Å²) in [6.45, 7) is 5.74. The van der Waals surface area contributed by atoms with Gasteiger partial charge in [0.1, 0.15) is 6.07 Å². The smallest absolute Gasteiger partial charge is 0.335 e. The van der Waals surface area contributed by atoms with Crippen molar-refractivity contribution in [2.75, 3.05) is 6.26 Å². The first-order chi connectivity index (χ1) is 11.0. The summed E-state index contributed by atoms with van der Waals surface area (Å²) in [5.41, 5.74) is 3.45. The first kappa shape index (κ1) is 16.7. The molecule has 0 aliphatic heterocycles. The molecule has 1 aromatic carbocycles. The van der Waals surface area contributed by atoms with Crippen LogP contribution in [0, 0.1) is 11.3 Å². The molecule has 5 heteroatoms. The number of nitrogens with zero attached hydrogens (tertiary/aromatic N) is 2. The lowest BCUT2D eigenvalue weighted by molar-refractivity contribution is 0.0697. The lowest BCUT2D eigenvalue weighted by Gasteiger charge is -2.06. The van der Waals surface area contributed by atoms with Crippen LogP contribution in [-0.4, -0.2) is 21.9 Å². The molecule has 1 heterocycles. The van der Waals surface area contributed by atoms with Crippen molar-refractivity contribution in [3.05, 3.63) is 71.6 Å². The maximum atomic E-state index is 10.9. The third-order valence-electron chi connectivity index (χ3n) is 3.47. The van der Waals surface area contributed by atoms with Crippen LogP contribution in [0.4, 0.5) is 0 Å². The molecular formula is C18H16N2O2S. The van der Waals surface area contributed by atoms with E-state index < -0.39 is 5.97 Å². The molecule has 0 fully saturated rings. The van der Waals surface area contributed by atoms with E-state index in [4.69, 9.17) is 5.11 Å². The van der Waals surface area contributed by atoms with Gasteiger partial charge in [-0.15, -0.1) is 11.8 Å². The van der Waals surface area contributed by atoms with Crippen molar-refractivity contribution in [1.29, 1.82) is 5.26 Å². The molecule has 0 aliphatic carbocycles. The maximum Gasteiger partial charge on any atom is 0.335 e. The van der Waals surface area contributed by atoms with Gasteiger partial charge in [0.05, 0.1) is 11.1 Å². The second-order valence-electron chi connectivity index (χ2n) is 4.88. The van der Waals surface area contributed by atoms with Crippen molar-refractivity contribution in [3.8, 4) is 11.8 Å². The molecule has 0 unspecified atom stereocenters. The summed E-state index contributed by atoms with van der Waals surface area (Å²) in [6, 6.07) is 8.74. The van der Waals surface area contributed by atoms with E-state index in [2.05, 4.69) is 12.6 Å². The van der Waals surface area contributed by atoms with E-state index >= 15 is 0 Å². The minimum atomic E-state index is -0.961. The van der Waals surface area contributed by atoms with Crippen LogP contribution in [0.3, 0.4) is 0 Å². The zero-order valence-corrected chi connectivity index (χ0v) is 13.7. The van der Waals surface area contributed by atoms with Crippen LogP contribution in [0.1, 0.15) is 28.4 Å². The van der Waals surface area contributed by atoms with Gasteiger partial charge in [-0.3, -0.25) is 0 Å². The lowest BCUT2D eigenvalue weighted by Crippen LogP contribution is -1.97. The number of nitriles is 1. The zero-order valence-electron chi connectivity index (χ0n) is 12.9. The largest absolute Gasteiger partial charge is 0.478 e. The molecule has 0 aliphatic rings. The summed E-state index contributed by atoms with van der Waals surface area (Å²) in [5.74, 6) is -0.961. The number of benzene rings is 1. The predicted molar refractivity (Wildman–Crippen MR) is 93.7 cm³/mol. The van der Waals surface area contributed by atoms with Crippen LogP contribution < -0.4 is 0 Å². The number of aromatic nitrogens is 1. The molecule has 116 valence electrons. The number of carboxylic acids is 1. The number of carbonyl (C=O) groups is 1. The van der Waals surface area contributed by atoms with Gasteiger partial charge < -0.3 is 9.67 Å². The second-order valence-corrected chi connectivity index (χ2v) is 5.69. The van der Waals surface area contributed by atoms with Gasteiger partial charge in [0.15, 0.2) is 0 Å². The van der Waals surface area contributed by atoms with E-state index in [-0.39, 0.29) is 5.56 Å². The molecule has 0 radical (unpaired) electrons. The number of hydrogen-bond acceptors (Lipinski definition) is 3. The summed E-state index contributed by atoms with van der Waals surface area (Å²) >= 11 is 1.57. The standard InChI is InChI=1S/C18H16N2O2S/c1-4-12(2)17(23-3)16-11-20(10-14(16)9-19)15-7-5-13(6-8-15)18(21)22/h4-8,10-11H,1H2,2-3H3,(H,21,22)/b17-12-. The van der Waals surface area contributed by atoms with Gasteiger partial charge >= 0.3 is 5.97 Å². The summed E-state index contributed by atoms with van der Waals surface area (Å²) in [4.78, 5) is 11.9. The number of rotatable bonds is 5. The lowest BCUT2D eigenvalue weighted by atomic mass is 10.1. The van der Waals surface area contributed by atoms with Crippen LogP contribution in [0.25, 0.3) is 10.6 Å². The highest BCUT2D eigenvalue weighted by Gasteiger charge is 2.13. The van der Waals surface area contributed by atoms with Gasteiger partial charge in [-0.2, -0.15) is 5.26 Å². The predicted octanol–water partition coefficient (Wildman–Crippen LogP) is 4.33. The molecule has 0 saturated carbocycles. The molecule has 0 amide bonds. The Kier molecular flexibility index (Phi) is 5.09. The Bertz CT molecular complexity index is 824. The molecule has 1 N–H and O–H groups in total. The number of hydrogen-bond donors (Lipinski definition) is 1. The molecule has 0 bridgehead atoms. The normalized spacial score (nSPS) is 11.5. The van der Waals surface area contributed by atoms with Crippen LogP contribution in [0.15, 0.2) is 54.9 Å². The van der Waals surface area contributed by atoms with Crippen molar-refractivity contribution >= 4 is 22.6 Å². The molecular weight excluding hydrogens is 308 g/mol. The molecule has 4 nitrogen and oxygen atoms in total. The van der Waals surface area contributed by atoms with Gasteiger partial charge in [-0.1, -0.05) is 12.7 Å². The quantitative estimate of drug-likeness (QED) is 0.831. The monoisotopic (exact) mass is 324 g/mol. The van der Waals surface area contributed by atoms with Crippen molar-refractivity contribution in [3.63, 3.8) is 0 Å². The molecule has 23 heavy (non-hydrogen) atoms. The first-order valence-electron chi connectivity index (χ1n) is 6.85. The molecule has 2 aromatic rings. The second kappa shape index (κ2) is 7.03. The van der Waals surface area contributed by atoms with Crippen LogP contribution in [0.5, 0.6) is 0 Å². The third kappa shape index (κ3) is 3.38. The topological polar surface area (TPSA) is 66.0 Å². The van der Waals surface area contributed by atoms with E-state index in [1.807, 2.05) is 23.9 Å². The molecule has 1 aromatic heterocycles. The van der Waals surface area contributed by atoms with Gasteiger partial charge in [0.2, 0.25) is 0 Å². The molecule has 2 rings (SSSR count). The van der Waals surface area contributed by atoms with Crippen LogP contribution in [0.2, 0.25) is 0 Å². The van der Waals surface area contributed by atoms with Crippen LogP contribution >= 0.6 is 11.8 Å². The van der Waals surface area contributed by atoms with Crippen molar-refractivity contribution in [2.24, 2.45) is 0 Å². The Labute approximate surface area is 139 Å². The van der Waals surface area contributed by atoms with E-state index in [0.717, 1.165) is 21.7 Å². The SMILES string of the molecule is C=C/C(C)=C(\SC)c1cn(-c2ccc(C(=O)O)cc2)cc1C#N. The minimum absolute atomic E-state index is 0.230. The molecule has 0 spiro atoms. The zero-order chi connectivity index (χ0) is 17.0. The molecule has 0 saturated heterocycles. The highest BCUT2D eigenvalue weighted by molar-refractivity contribution is 8.07. The highest BCUT2D eigenvalue weighted by Crippen LogP contribution is 2.33. The Balaban J connectivity index is 2.53.